The normalized spacial score (nSPS) is 11.9. The molecule has 2 heterocycles. The van der Waals surface area contributed by atoms with Crippen molar-refractivity contribution in [1.82, 2.24) is 24.6 Å². The van der Waals surface area contributed by atoms with Crippen molar-refractivity contribution in [1.29, 1.82) is 0 Å². The van der Waals surface area contributed by atoms with Crippen molar-refractivity contribution in [2.24, 2.45) is 19.1 Å². The third-order valence-corrected chi connectivity index (χ3v) is 4.34. The van der Waals surface area contributed by atoms with Crippen LogP contribution in [0.25, 0.3) is 0 Å². The molecule has 1 N–H and O–H groups in total. The van der Waals surface area contributed by atoms with Gasteiger partial charge in [0.25, 0.3) is 0 Å². The molecule has 126 valence electrons. The lowest BCUT2D eigenvalue weighted by atomic mass is 10.2. The number of rotatable bonds is 4. The molecule has 2 aromatic rings. The molecular weight excluding hydrogens is 312 g/mol. The molecule has 0 fully saturated rings. The van der Waals surface area contributed by atoms with E-state index in [4.69, 9.17) is 11.6 Å². The molecule has 0 saturated heterocycles. The van der Waals surface area contributed by atoms with E-state index in [-0.39, 0.29) is 0 Å². The minimum atomic E-state index is 0.705. The Bertz CT molecular complexity index is 712. The second kappa shape index (κ2) is 7.08. The van der Waals surface area contributed by atoms with E-state index < -0.39 is 0 Å². The molecule has 0 aromatic carbocycles. The first-order valence-electron chi connectivity index (χ1n) is 7.55. The maximum absolute atomic E-state index is 6.05. The van der Waals surface area contributed by atoms with Crippen molar-refractivity contribution in [2.75, 3.05) is 14.1 Å². The second-order valence-corrected chi connectivity index (χ2v) is 6.23. The van der Waals surface area contributed by atoms with E-state index in [1.807, 2.05) is 49.6 Å². The van der Waals surface area contributed by atoms with Crippen molar-refractivity contribution in [2.45, 2.75) is 26.9 Å². The van der Waals surface area contributed by atoms with Crippen LogP contribution in [0.1, 0.15) is 22.6 Å². The third-order valence-electron chi connectivity index (χ3n) is 4.13. The molecule has 0 bridgehead atoms. The van der Waals surface area contributed by atoms with Crippen LogP contribution < -0.4 is 5.32 Å². The number of aliphatic imine (C=N–C) groups is 1. The number of aromatic nitrogens is 3. The molecule has 0 saturated carbocycles. The van der Waals surface area contributed by atoms with Gasteiger partial charge in [-0.25, -0.2) is 0 Å². The molecule has 23 heavy (non-hydrogen) atoms. The van der Waals surface area contributed by atoms with Gasteiger partial charge in [-0.3, -0.25) is 9.67 Å². The van der Waals surface area contributed by atoms with Crippen LogP contribution in [-0.4, -0.2) is 39.3 Å². The van der Waals surface area contributed by atoms with Crippen LogP contribution in [0.15, 0.2) is 17.3 Å². The van der Waals surface area contributed by atoms with Gasteiger partial charge in [-0.15, -0.1) is 0 Å². The van der Waals surface area contributed by atoms with E-state index >= 15 is 0 Å². The summed E-state index contributed by atoms with van der Waals surface area (Å²) >= 11 is 6.05. The van der Waals surface area contributed by atoms with Gasteiger partial charge in [-0.05, 0) is 19.9 Å². The van der Waals surface area contributed by atoms with Crippen molar-refractivity contribution < 1.29 is 0 Å². The molecule has 0 aliphatic rings. The average molecular weight is 337 g/mol. The lowest BCUT2D eigenvalue weighted by molar-refractivity contribution is 0.461. The number of nitrogens with zero attached hydrogens (tertiary/aromatic N) is 5. The summed E-state index contributed by atoms with van der Waals surface area (Å²) in [6.45, 7) is 5.54. The molecule has 0 aliphatic carbocycles. The van der Waals surface area contributed by atoms with Crippen molar-refractivity contribution in [3.8, 4) is 0 Å². The average Bonchev–Trinajstić information content (AvgIpc) is 2.91. The van der Waals surface area contributed by atoms with Crippen LogP contribution in [0.4, 0.5) is 0 Å². The number of hydrogen-bond donors (Lipinski definition) is 1. The number of guanidine groups is 1. The fourth-order valence-electron chi connectivity index (χ4n) is 2.67. The molecular formula is C16H25ClN6. The fourth-order valence-corrected chi connectivity index (χ4v) is 2.94. The summed E-state index contributed by atoms with van der Waals surface area (Å²) in [5.41, 5.74) is 4.56. The second-order valence-electron chi connectivity index (χ2n) is 5.79. The van der Waals surface area contributed by atoms with Crippen LogP contribution in [-0.2, 0) is 27.2 Å². The third kappa shape index (κ3) is 3.88. The van der Waals surface area contributed by atoms with Gasteiger partial charge in [0.1, 0.15) is 0 Å². The van der Waals surface area contributed by atoms with E-state index in [0.717, 1.165) is 28.9 Å². The zero-order chi connectivity index (χ0) is 17.1. The smallest absolute Gasteiger partial charge is 0.194 e. The van der Waals surface area contributed by atoms with E-state index in [2.05, 4.69) is 27.2 Å². The minimum Gasteiger partial charge on any atom is -0.352 e. The molecule has 0 radical (unpaired) electrons. The zero-order valence-electron chi connectivity index (χ0n) is 14.7. The lowest BCUT2D eigenvalue weighted by Crippen LogP contribution is -2.38. The topological polar surface area (TPSA) is 50.4 Å². The maximum Gasteiger partial charge on any atom is 0.194 e. The van der Waals surface area contributed by atoms with E-state index in [1.165, 1.54) is 11.3 Å². The molecule has 2 rings (SSSR count). The first-order chi connectivity index (χ1) is 10.8. The van der Waals surface area contributed by atoms with Gasteiger partial charge < -0.3 is 14.8 Å². The Kier molecular flexibility index (Phi) is 5.36. The number of hydrogen-bond acceptors (Lipinski definition) is 2. The van der Waals surface area contributed by atoms with Gasteiger partial charge in [0.15, 0.2) is 5.96 Å². The molecule has 0 amide bonds. The summed E-state index contributed by atoms with van der Waals surface area (Å²) in [7, 11) is 7.76. The van der Waals surface area contributed by atoms with Crippen LogP contribution in [0.3, 0.4) is 0 Å². The Morgan fingerprint density at radius 1 is 1.39 bits per heavy atom. The van der Waals surface area contributed by atoms with Crippen LogP contribution >= 0.6 is 11.6 Å². The first-order valence-corrected chi connectivity index (χ1v) is 7.92. The van der Waals surface area contributed by atoms with Gasteiger partial charge >= 0.3 is 0 Å². The highest BCUT2D eigenvalue weighted by Gasteiger charge is 2.13. The maximum atomic E-state index is 6.05. The van der Waals surface area contributed by atoms with Crippen molar-refractivity contribution >= 4 is 17.6 Å². The largest absolute Gasteiger partial charge is 0.352 e. The molecule has 6 nitrogen and oxygen atoms in total. The number of halogens is 1. The molecule has 0 spiro atoms. The number of aryl methyl sites for hydroxylation is 3. The predicted octanol–water partition coefficient (Wildman–Crippen LogP) is 2.24. The Hall–Kier alpha value is -1.95. The van der Waals surface area contributed by atoms with Crippen LogP contribution in [0.2, 0.25) is 5.02 Å². The Balaban J connectivity index is 2.04. The molecule has 0 atom stereocenters. The Morgan fingerprint density at radius 2 is 2.09 bits per heavy atom. The highest BCUT2D eigenvalue weighted by atomic mass is 35.5. The quantitative estimate of drug-likeness (QED) is 0.688. The van der Waals surface area contributed by atoms with Gasteiger partial charge in [0.2, 0.25) is 0 Å². The summed E-state index contributed by atoms with van der Waals surface area (Å²) in [6.07, 6.45) is 1.91. The predicted molar refractivity (Wildman–Crippen MR) is 94.8 cm³/mol. The highest BCUT2D eigenvalue weighted by Crippen LogP contribution is 2.15. The molecule has 7 heteroatoms. The van der Waals surface area contributed by atoms with E-state index in [0.29, 0.717) is 6.54 Å². The summed E-state index contributed by atoms with van der Waals surface area (Å²) in [4.78, 5) is 6.44. The summed E-state index contributed by atoms with van der Waals surface area (Å²) in [5, 5.41) is 8.60. The molecule has 0 unspecified atom stereocenters. The monoisotopic (exact) mass is 336 g/mol. The molecule has 0 aliphatic heterocycles. The van der Waals surface area contributed by atoms with Crippen LogP contribution in [0, 0.1) is 13.8 Å². The Labute approximate surface area is 142 Å². The SMILES string of the molecule is CN=C(NCc1c(C)nn(C)c1C)N(C)Cc1cc(Cl)cn1C. The number of nitrogens with one attached hydrogen (secondary N) is 1. The lowest BCUT2D eigenvalue weighted by Gasteiger charge is -2.22. The van der Waals surface area contributed by atoms with Gasteiger partial charge in [-0.1, -0.05) is 11.6 Å². The van der Waals surface area contributed by atoms with E-state index in [9.17, 15) is 0 Å². The fraction of sp³-hybridized carbons (Fsp3) is 0.500. The van der Waals surface area contributed by atoms with Crippen molar-refractivity contribution in [3.63, 3.8) is 0 Å². The van der Waals surface area contributed by atoms with Gasteiger partial charge in [0, 0.05) is 57.9 Å². The standard InChI is InChI=1S/C16H25ClN6/c1-11-15(12(2)23(6)20-11)8-19-16(18-3)22(5)10-14-7-13(17)9-21(14)4/h7,9H,8,10H2,1-6H3,(H,18,19). The first kappa shape index (κ1) is 17.4. The highest BCUT2D eigenvalue weighted by molar-refractivity contribution is 6.30. The Morgan fingerprint density at radius 3 is 2.57 bits per heavy atom. The van der Waals surface area contributed by atoms with E-state index in [1.54, 1.807) is 7.05 Å². The zero-order valence-corrected chi connectivity index (χ0v) is 15.4. The van der Waals surface area contributed by atoms with Crippen LogP contribution in [0.5, 0.6) is 0 Å². The van der Waals surface area contributed by atoms with Gasteiger partial charge in [0.05, 0.1) is 17.3 Å². The minimum absolute atomic E-state index is 0.705. The molecule has 2 aromatic heterocycles. The summed E-state index contributed by atoms with van der Waals surface area (Å²) < 4.78 is 3.94. The summed E-state index contributed by atoms with van der Waals surface area (Å²) in [6, 6.07) is 1.97. The van der Waals surface area contributed by atoms with Gasteiger partial charge in [-0.2, -0.15) is 5.10 Å². The van der Waals surface area contributed by atoms with Crippen molar-refractivity contribution in [3.05, 3.63) is 39.9 Å². The summed E-state index contributed by atoms with van der Waals surface area (Å²) in [5.74, 6) is 0.838.